The van der Waals surface area contributed by atoms with Crippen molar-refractivity contribution in [2.24, 2.45) is 0 Å². The highest BCUT2D eigenvalue weighted by Gasteiger charge is 2.24. The van der Waals surface area contributed by atoms with Gasteiger partial charge in [0.15, 0.2) is 0 Å². The van der Waals surface area contributed by atoms with Crippen LogP contribution in [-0.2, 0) is 34.2 Å². The van der Waals surface area contributed by atoms with Crippen LogP contribution >= 0.6 is 11.3 Å². The molecule has 1 fully saturated rings. The third-order valence-corrected chi connectivity index (χ3v) is 5.93. The number of hydrogen-bond acceptors (Lipinski definition) is 6. The predicted octanol–water partition coefficient (Wildman–Crippen LogP) is 2.16. The Morgan fingerprint density at radius 3 is 2.92 bits per heavy atom. The van der Waals surface area contributed by atoms with Crippen LogP contribution in [-0.4, -0.2) is 48.9 Å². The fourth-order valence-corrected chi connectivity index (χ4v) is 4.62. The number of imidazole rings is 1. The van der Waals surface area contributed by atoms with Gasteiger partial charge in [-0.05, 0) is 31.3 Å². The number of aromatic nitrogens is 2. The first kappa shape index (κ1) is 17.6. The molecule has 0 saturated carbocycles. The Morgan fingerprint density at radius 1 is 1.46 bits per heavy atom. The molecule has 2 aromatic heterocycles. The second-order valence-electron chi connectivity index (χ2n) is 6.30. The highest BCUT2D eigenvalue weighted by atomic mass is 32.2. The molecule has 132 valence electrons. The van der Waals surface area contributed by atoms with Gasteiger partial charge in [-0.1, -0.05) is 6.07 Å². The Hall–Kier alpha value is -1.22. The Bertz CT molecular complexity index is 763. The lowest BCUT2D eigenvalue weighted by atomic mass is 10.2. The molecular weight excluding hydrogens is 346 g/mol. The van der Waals surface area contributed by atoms with Gasteiger partial charge in [-0.25, -0.2) is 13.4 Å². The van der Waals surface area contributed by atoms with E-state index in [-0.39, 0.29) is 11.3 Å². The molecule has 1 aliphatic rings. The zero-order valence-electron chi connectivity index (χ0n) is 14.0. The normalized spacial score (nSPS) is 18.5. The van der Waals surface area contributed by atoms with Crippen LogP contribution in [0.3, 0.4) is 0 Å². The minimum Gasteiger partial charge on any atom is -0.376 e. The van der Waals surface area contributed by atoms with Crippen molar-refractivity contribution in [1.82, 2.24) is 14.5 Å². The van der Waals surface area contributed by atoms with Gasteiger partial charge >= 0.3 is 0 Å². The SMILES string of the molecule is CN(Cc1cccs1)Cc1cnc(S(C)(=O)=O)n1C[C@@H]1CCCO1. The largest absolute Gasteiger partial charge is 0.376 e. The van der Waals surface area contributed by atoms with Gasteiger partial charge in [0.25, 0.3) is 0 Å². The summed E-state index contributed by atoms with van der Waals surface area (Å²) in [5, 5.41) is 2.20. The van der Waals surface area contributed by atoms with E-state index in [1.807, 2.05) is 17.7 Å². The van der Waals surface area contributed by atoms with Crippen molar-refractivity contribution in [3.8, 4) is 0 Å². The number of ether oxygens (including phenoxy) is 1. The van der Waals surface area contributed by atoms with E-state index in [4.69, 9.17) is 4.74 Å². The van der Waals surface area contributed by atoms with Gasteiger partial charge < -0.3 is 9.30 Å². The summed E-state index contributed by atoms with van der Waals surface area (Å²) in [7, 11) is -1.33. The van der Waals surface area contributed by atoms with E-state index in [1.165, 1.54) is 11.1 Å². The molecule has 0 aliphatic carbocycles. The van der Waals surface area contributed by atoms with Gasteiger partial charge in [-0.2, -0.15) is 0 Å². The minimum absolute atomic E-state index is 0.0704. The summed E-state index contributed by atoms with van der Waals surface area (Å²) in [5.74, 6) is 0. The maximum atomic E-state index is 12.0. The molecule has 0 unspecified atom stereocenters. The van der Waals surface area contributed by atoms with Crippen molar-refractivity contribution in [3.05, 3.63) is 34.3 Å². The molecule has 6 nitrogen and oxygen atoms in total. The van der Waals surface area contributed by atoms with E-state index in [0.717, 1.165) is 31.7 Å². The second-order valence-corrected chi connectivity index (χ2v) is 9.24. The summed E-state index contributed by atoms with van der Waals surface area (Å²) >= 11 is 1.72. The standard InChI is InChI=1S/C16H23N3O3S2/c1-18(12-15-6-4-8-23-15)10-13-9-17-16(24(2,20)21)19(13)11-14-5-3-7-22-14/h4,6,8-9,14H,3,5,7,10-12H2,1-2H3/t14-/m0/s1. The van der Waals surface area contributed by atoms with Crippen LogP contribution in [0.5, 0.6) is 0 Å². The first-order chi connectivity index (χ1) is 11.4. The smallest absolute Gasteiger partial charge is 0.227 e. The maximum absolute atomic E-state index is 12.0. The zero-order valence-corrected chi connectivity index (χ0v) is 15.6. The van der Waals surface area contributed by atoms with E-state index in [9.17, 15) is 8.42 Å². The molecule has 0 aromatic carbocycles. The van der Waals surface area contributed by atoms with E-state index in [1.54, 1.807) is 17.5 Å². The molecule has 0 radical (unpaired) electrons. The van der Waals surface area contributed by atoms with Gasteiger partial charge in [-0.15, -0.1) is 11.3 Å². The topological polar surface area (TPSA) is 64.4 Å². The lowest BCUT2D eigenvalue weighted by molar-refractivity contribution is 0.0934. The number of nitrogens with zero attached hydrogens (tertiary/aromatic N) is 3. The summed E-state index contributed by atoms with van der Waals surface area (Å²) in [5.41, 5.74) is 0.907. The van der Waals surface area contributed by atoms with E-state index in [0.29, 0.717) is 13.1 Å². The van der Waals surface area contributed by atoms with Gasteiger partial charge in [0.2, 0.25) is 15.0 Å². The molecule has 8 heteroatoms. The maximum Gasteiger partial charge on any atom is 0.227 e. The molecule has 3 heterocycles. The summed E-state index contributed by atoms with van der Waals surface area (Å²) in [6.07, 6.45) is 4.95. The Kier molecular flexibility index (Phi) is 5.39. The predicted molar refractivity (Wildman–Crippen MR) is 93.8 cm³/mol. The van der Waals surface area contributed by atoms with Crippen LogP contribution in [0.1, 0.15) is 23.4 Å². The van der Waals surface area contributed by atoms with Gasteiger partial charge in [0.1, 0.15) is 0 Å². The van der Waals surface area contributed by atoms with Crippen LogP contribution in [0.2, 0.25) is 0 Å². The number of sulfone groups is 1. The molecule has 24 heavy (non-hydrogen) atoms. The lowest BCUT2D eigenvalue weighted by Crippen LogP contribution is -2.24. The van der Waals surface area contributed by atoms with Gasteiger partial charge in [0, 0.05) is 30.8 Å². The molecular formula is C16H23N3O3S2. The van der Waals surface area contributed by atoms with E-state index < -0.39 is 9.84 Å². The van der Waals surface area contributed by atoms with Crippen molar-refractivity contribution >= 4 is 21.2 Å². The molecule has 0 bridgehead atoms. The molecule has 1 saturated heterocycles. The average molecular weight is 370 g/mol. The average Bonchev–Trinajstić information content (AvgIpc) is 3.21. The zero-order chi connectivity index (χ0) is 17.2. The van der Waals surface area contributed by atoms with E-state index in [2.05, 4.69) is 21.3 Å². The molecule has 1 aliphatic heterocycles. The highest BCUT2D eigenvalue weighted by molar-refractivity contribution is 7.90. The third-order valence-electron chi connectivity index (χ3n) is 4.08. The first-order valence-corrected chi connectivity index (χ1v) is 10.8. The molecule has 1 atom stereocenters. The van der Waals surface area contributed by atoms with Crippen LogP contribution in [0.25, 0.3) is 0 Å². The Balaban J connectivity index is 1.79. The molecule has 0 N–H and O–H groups in total. The van der Waals surface area contributed by atoms with Crippen LogP contribution in [0.15, 0.2) is 28.9 Å². The Morgan fingerprint density at radius 2 is 2.29 bits per heavy atom. The summed E-state index contributed by atoms with van der Waals surface area (Å²) in [4.78, 5) is 7.63. The number of hydrogen-bond donors (Lipinski definition) is 0. The van der Waals surface area contributed by atoms with E-state index >= 15 is 0 Å². The van der Waals surface area contributed by atoms with Crippen LogP contribution in [0.4, 0.5) is 0 Å². The lowest BCUT2D eigenvalue weighted by Gasteiger charge is -2.19. The fourth-order valence-electron chi connectivity index (χ4n) is 3.00. The first-order valence-electron chi connectivity index (χ1n) is 8.00. The summed E-state index contributed by atoms with van der Waals surface area (Å²) < 4.78 is 31.6. The van der Waals surface area contributed by atoms with Crippen molar-refractivity contribution in [2.45, 2.75) is 43.7 Å². The second kappa shape index (κ2) is 7.35. The van der Waals surface area contributed by atoms with Crippen molar-refractivity contribution in [1.29, 1.82) is 0 Å². The van der Waals surface area contributed by atoms with Crippen molar-refractivity contribution < 1.29 is 13.2 Å². The molecule has 0 amide bonds. The quantitative estimate of drug-likeness (QED) is 0.748. The van der Waals surface area contributed by atoms with Gasteiger partial charge in [0.05, 0.1) is 24.5 Å². The van der Waals surface area contributed by atoms with Crippen LogP contribution < -0.4 is 0 Å². The number of rotatable bonds is 7. The Labute approximate surface area is 147 Å². The minimum atomic E-state index is -3.36. The van der Waals surface area contributed by atoms with Crippen LogP contribution in [0, 0.1) is 0 Å². The highest BCUT2D eigenvalue weighted by Crippen LogP contribution is 2.20. The summed E-state index contributed by atoms with van der Waals surface area (Å²) in [6.45, 7) is 2.77. The molecule has 2 aromatic rings. The third kappa shape index (κ3) is 4.24. The number of thiophene rings is 1. The molecule has 3 rings (SSSR count). The van der Waals surface area contributed by atoms with Gasteiger partial charge in [-0.3, -0.25) is 4.90 Å². The fraction of sp³-hybridized carbons (Fsp3) is 0.562. The molecule has 0 spiro atoms. The summed E-state index contributed by atoms with van der Waals surface area (Å²) in [6, 6.07) is 4.14. The van der Waals surface area contributed by atoms with Crippen molar-refractivity contribution in [2.75, 3.05) is 19.9 Å². The monoisotopic (exact) mass is 369 g/mol. The van der Waals surface area contributed by atoms with Crippen molar-refractivity contribution in [3.63, 3.8) is 0 Å².